The van der Waals surface area contributed by atoms with E-state index in [1.165, 1.54) is 6.07 Å². The van der Waals surface area contributed by atoms with E-state index in [0.29, 0.717) is 5.56 Å². The van der Waals surface area contributed by atoms with Gasteiger partial charge >= 0.3 is 0 Å². The van der Waals surface area contributed by atoms with Crippen LogP contribution in [0.3, 0.4) is 0 Å². The van der Waals surface area contributed by atoms with E-state index < -0.39 is 0 Å². The minimum absolute atomic E-state index is 0.0250. The molecule has 1 aromatic carbocycles. The molecule has 0 saturated carbocycles. The van der Waals surface area contributed by atoms with E-state index >= 15 is 0 Å². The molecule has 1 aromatic rings. The molecular weight excluding hydrogens is 269 g/mol. The summed E-state index contributed by atoms with van der Waals surface area (Å²) in [5.41, 5.74) is 1.80. The Hall–Kier alpha value is -0.670. The minimum Gasteiger partial charge on any atom is -0.313 e. The van der Waals surface area contributed by atoms with E-state index in [2.05, 4.69) is 34.7 Å². The van der Waals surface area contributed by atoms with Crippen LogP contribution >= 0.6 is 15.9 Å². The van der Waals surface area contributed by atoms with E-state index in [4.69, 9.17) is 0 Å². The molecule has 0 amide bonds. The van der Waals surface area contributed by atoms with Crippen LogP contribution in [0.2, 0.25) is 0 Å². The third-order valence-electron chi connectivity index (χ3n) is 2.69. The Bertz CT molecular complexity index is 356. The molecule has 0 spiro atoms. The van der Waals surface area contributed by atoms with E-state index in [9.17, 15) is 4.39 Å². The Labute approximate surface area is 105 Å². The Balaban J connectivity index is 2.99. The predicted molar refractivity (Wildman–Crippen MR) is 69.9 cm³/mol. The zero-order valence-electron chi connectivity index (χ0n) is 9.69. The molecule has 3 heteroatoms. The predicted octanol–water partition coefficient (Wildman–Crippen LogP) is 4.21. The van der Waals surface area contributed by atoms with Gasteiger partial charge < -0.3 is 5.32 Å². The third-order valence-corrected chi connectivity index (χ3v) is 3.38. The maximum Gasteiger partial charge on any atom is 0.129 e. The highest BCUT2D eigenvalue weighted by Gasteiger charge is 2.17. The highest BCUT2D eigenvalue weighted by atomic mass is 79.9. The summed E-state index contributed by atoms with van der Waals surface area (Å²) in [4.78, 5) is 0. The zero-order valence-corrected chi connectivity index (χ0v) is 11.3. The molecule has 0 bridgehead atoms. The molecule has 1 unspecified atom stereocenters. The summed E-state index contributed by atoms with van der Waals surface area (Å²) in [6, 6.07) is 5.02. The van der Waals surface area contributed by atoms with Gasteiger partial charge in [-0.25, -0.2) is 4.39 Å². The maximum absolute atomic E-state index is 13.7. The highest BCUT2D eigenvalue weighted by Crippen LogP contribution is 2.30. The lowest BCUT2D eigenvalue weighted by Gasteiger charge is -2.19. The van der Waals surface area contributed by atoms with Gasteiger partial charge in [-0.15, -0.1) is 0 Å². The molecular formula is C13H17BrFN. The Morgan fingerprint density at radius 3 is 2.75 bits per heavy atom. The largest absolute Gasteiger partial charge is 0.313 e. The van der Waals surface area contributed by atoms with Crippen LogP contribution in [0.25, 0.3) is 0 Å². The molecule has 0 saturated heterocycles. The fourth-order valence-electron chi connectivity index (χ4n) is 1.63. The molecule has 88 valence electrons. The van der Waals surface area contributed by atoms with Crippen molar-refractivity contribution in [2.24, 2.45) is 0 Å². The van der Waals surface area contributed by atoms with Crippen molar-refractivity contribution in [1.29, 1.82) is 0 Å². The summed E-state index contributed by atoms with van der Waals surface area (Å²) in [6.45, 7) is 6.03. The number of hydrogen-bond donors (Lipinski definition) is 1. The average Bonchev–Trinajstić information content (AvgIpc) is 2.27. The summed E-state index contributed by atoms with van der Waals surface area (Å²) >= 11 is 3.39. The van der Waals surface area contributed by atoms with Gasteiger partial charge in [0.15, 0.2) is 0 Å². The second-order valence-electron chi connectivity index (χ2n) is 3.78. The van der Waals surface area contributed by atoms with Gasteiger partial charge in [-0.3, -0.25) is 0 Å². The molecule has 0 aliphatic rings. The van der Waals surface area contributed by atoms with Crippen LogP contribution in [0.5, 0.6) is 0 Å². The lowest BCUT2D eigenvalue weighted by molar-refractivity contribution is 0.527. The van der Waals surface area contributed by atoms with Crippen molar-refractivity contribution in [2.45, 2.75) is 25.8 Å². The van der Waals surface area contributed by atoms with Crippen molar-refractivity contribution in [3.8, 4) is 0 Å². The van der Waals surface area contributed by atoms with Gasteiger partial charge in [0.1, 0.15) is 5.82 Å². The number of halogens is 2. The molecule has 0 aliphatic heterocycles. The van der Waals surface area contributed by atoms with Crippen LogP contribution in [0.15, 0.2) is 34.8 Å². The van der Waals surface area contributed by atoms with Crippen molar-refractivity contribution in [1.82, 2.24) is 5.32 Å². The lowest BCUT2D eigenvalue weighted by atomic mass is 9.98. The molecule has 1 N–H and O–H groups in total. The fourth-order valence-corrected chi connectivity index (χ4v) is 2.24. The second-order valence-corrected chi connectivity index (χ2v) is 4.64. The first-order valence-electron chi connectivity index (χ1n) is 5.38. The summed E-state index contributed by atoms with van der Waals surface area (Å²) in [7, 11) is 1.84. The van der Waals surface area contributed by atoms with Gasteiger partial charge in [0.2, 0.25) is 0 Å². The van der Waals surface area contributed by atoms with Gasteiger partial charge in [-0.1, -0.05) is 41.1 Å². The monoisotopic (exact) mass is 285 g/mol. The molecule has 0 aliphatic carbocycles. The molecule has 0 fully saturated rings. The van der Waals surface area contributed by atoms with Crippen molar-refractivity contribution in [3.63, 3.8) is 0 Å². The number of nitrogens with one attached hydrogen (secondary N) is 1. The summed E-state index contributed by atoms with van der Waals surface area (Å²) in [5, 5.41) is 3.13. The molecule has 0 aromatic heterocycles. The van der Waals surface area contributed by atoms with E-state index in [0.717, 1.165) is 22.9 Å². The van der Waals surface area contributed by atoms with Gasteiger partial charge in [-0.05, 0) is 32.0 Å². The molecule has 0 heterocycles. The van der Waals surface area contributed by atoms with Crippen LogP contribution in [0, 0.1) is 5.82 Å². The first-order chi connectivity index (χ1) is 7.60. The fraction of sp³-hybridized carbons (Fsp3) is 0.385. The zero-order chi connectivity index (χ0) is 12.1. The maximum atomic E-state index is 13.7. The summed E-state index contributed by atoms with van der Waals surface area (Å²) in [5.74, 6) is -0.183. The van der Waals surface area contributed by atoms with E-state index in [-0.39, 0.29) is 11.9 Å². The number of benzene rings is 1. The van der Waals surface area contributed by atoms with E-state index in [1.807, 2.05) is 13.1 Å². The van der Waals surface area contributed by atoms with Gasteiger partial charge in [0.05, 0.1) is 0 Å². The van der Waals surface area contributed by atoms with Gasteiger partial charge in [0, 0.05) is 16.1 Å². The van der Waals surface area contributed by atoms with Crippen LogP contribution in [0.4, 0.5) is 4.39 Å². The summed E-state index contributed by atoms with van der Waals surface area (Å²) in [6.07, 6.45) is 1.68. The van der Waals surface area contributed by atoms with Crippen molar-refractivity contribution in [2.75, 3.05) is 7.05 Å². The van der Waals surface area contributed by atoms with Gasteiger partial charge in [0.25, 0.3) is 0 Å². The quantitative estimate of drug-likeness (QED) is 0.800. The third kappa shape index (κ3) is 3.16. The van der Waals surface area contributed by atoms with Crippen molar-refractivity contribution < 1.29 is 4.39 Å². The van der Waals surface area contributed by atoms with Gasteiger partial charge in [-0.2, -0.15) is 0 Å². The molecule has 1 atom stereocenters. The standard InChI is InChI=1S/C13H17BrFN/c1-4-9(2)8-12(16-3)13-10(14)6-5-7-11(13)15/h5-7,12,16H,2,4,8H2,1,3H3. The smallest absolute Gasteiger partial charge is 0.129 e. The van der Waals surface area contributed by atoms with Crippen LogP contribution < -0.4 is 5.32 Å². The highest BCUT2D eigenvalue weighted by molar-refractivity contribution is 9.10. The molecule has 16 heavy (non-hydrogen) atoms. The van der Waals surface area contributed by atoms with Crippen LogP contribution in [0.1, 0.15) is 31.4 Å². The Morgan fingerprint density at radius 2 is 2.25 bits per heavy atom. The molecule has 1 nitrogen and oxygen atoms in total. The van der Waals surface area contributed by atoms with Crippen LogP contribution in [-0.2, 0) is 0 Å². The van der Waals surface area contributed by atoms with E-state index in [1.54, 1.807) is 6.07 Å². The molecule has 1 rings (SSSR count). The number of rotatable bonds is 5. The van der Waals surface area contributed by atoms with Crippen LogP contribution in [-0.4, -0.2) is 7.05 Å². The SMILES string of the molecule is C=C(CC)CC(NC)c1c(F)cccc1Br. The minimum atomic E-state index is -0.183. The lowest BCUT2D eigenvalue weighted by Crippen LogP contribution is -2.18. The Kier molecular flexibility index (Phi) is 5.16. The first-order valence-corrected chi connectivity index (χ1v) is 6.17. The topological polar surface area (TPSA) is 12.0 Å². The average molecular weight is 286 g/mol. The first kappa shape index (κ1) is 13.4. The second kappa shape index (κ2) is 6.16. The Morgan fingerprint density at radius 1 is 1.56 bits per heavy atom. The number of hydrogen-bond acceptors (Lipinski definition) is 1. The summed E-state index contributed by atoms with van der Waals surface area (Å²) < 4.78 is 14.5. The normalized spacial score (nSPS) is 12.5. The van der Waals surface area contributed by atoms with Crippen molar-refractivity contribution in [3.05, 3.63) is 46.2 Å². The van der Waals surface area contributed by atoms with Crippen molar-refractivity contribution >= 4 is 15.9 Å². The molecule has 0 radical (unpaired) electrons.